The molecule has 1 aliphatic rings. The van der Waals surface area contributed by atoms with E-state index in [9.17, 15) is 0 Å². The molecule has 0 N–H and O–H groups in total. The summed E-state index contributed by atoms with van der Waals surface area (Å²) < 4.78 is 3.52. The molecule has 6 rings (SSSR count). The van der Waals surface area contributed by atoms with Crippen molar-refractivity contribution >= 4 is 28.3 Å². The minimum Gasteiger partial charge on any atom is -0.197 e. The Morgan fingerprint density at radius 1 is 0.769 bits per heavy atom. The summed E-state index contributed by atoms with van der Waals surface area (Å²) in [4.78, 5) is 0. The van der Waals surface area contributed by atoms with Gasteiger partial charge in [-0.1, -0.05) is 37.8 Å². The molecule has 0 aliphatic heterocycles. The molecule has 1 aromatic carbocycles. The van der Waals surface area contributed by atoms with Gasteiger partial charge < -0.3 is 0 Å². The van der Waals surface area contributed by atoms with Crippen molar-refractivity contribution < 1.29 is 0 Å². The highest BCUT2D eigenvalue weighted by molar-refractivity contribution is 5.81. The highest BCUT2D eigenvalue weighted by Gasteiger charge is 2.10. The standard InChI is InChI=1S/C9H6N4.C8H6N4.CH4/c1-2-4-8-7(3-1)5-6-9-10-11-12-13(8)9;1-2-6-4-5-8-9-10-11-12(8)7(6)3-1;/h1-6H;1-2,4-5H,3H2;1H4. The first-order valence-corrected chi connectivity index (χ1v) is 7.82. The van der Waals surface area contributed by atoms with E-state index in [0.29, 0.717) is 0 Å². The summed E-state index contributed by atoms with van der Waals surface area (Å²) in [5, 5.41) is 23.9. The Kier molecular flexibility index (Phi) is 3.85. The van der Waals surface area contributed by atoms with Gasteiger partial charge >= 0.3 is 0 Å². The maximum Gasteiger partial charge on any atom is 0.179 e. The van der Waals surface area contributed by atoms with Gasteiger partial charge in [0.1, 0.15) is 0 Å². The fourth-order valence-electron chi connectivity index (χ4n) is 2.98. The van der Waals surface area contributed by atoms with Crippen LogP contribution in [-0.2, 0) is 6.42 Å². The summed E-state index contributed by atoms with van der Waals surface area (Å²) in [5.41, 5.74) is 5.02. The summed E-state index contributed by atoms with van der Waals surface area (Å²) in [7, 11) is 0. The second-order valence-electron chi connectivity index (χ2n) is 5.63. The molecular formula is C18H16N8. The molecule has 0 saturated heterocycles. The number of para-hydroxylation sites is 1. The van der Waals surface area contributed by atoms with E-state index in [2.05, 4.69) is 43.2 Å². The summed E-state index contributed by atoms with van der Waals surface area (Å²) in [6, 6.07) is 15.9. The SMILES string of the molecule is C.C1=Cc2ccc3nnnn3c2C1.c1ccc2c(c1)ccc1nnnn12. The molecule has 1 aliphatic carbocycles. The van der Waals surface area contributed by atoms with Crippen LogP contribution in [0.25, 0.3) is 28.3 Å². The Labute approximate surface area is 148 Å². The molecule has 5 aromatic rings. The second-order valence-corrected chi connectivity index (χ2v) is 5.63. The normalized spacial score (nSPS) is 12.0. The number of benzene rings is 1. The van der Waals surface area contributed by atoms with E-state index in [0.717, 1.165) is 28.6 Å². The van der Waals surface area contributed by atoms with Crippen molar-refractivity contribution in [2.75, 3.05) is 0 Å². The molecule has 0 atom stereocenters. The number of pyridine rings is 2. The van der Waals surface area contributed by atoms with Crippen molar-refractivity contribution in [2.24, 2.45) is 0 Å². The summed E-state index contributed by atoms with van der Waals surface area (Å²) in [6.07, 6.45) is 5.14. The summed E-state index contributed by atoms with van der Waals surface area (Å²) in [6.45, 7) is 0. The van der Waals surface area contributed by atoms with Crippen LogP contribution in [0, 0.1) is 0 Å². The van der Waals surface area contributed by atoms with Crippen LogP contribution in [-0.4, -0.2) is 40.1 Å². The molecule has 8 heteroatoms. The minimum absolute atomic E-state index is 0. The molecule has 0 radical (unpaired) electrons. The van der Waals surface area contributed by atoms with E-state index >= 15 is 0 Å². The van der Waals surface area contributed by atoms with Gasteiger partial charge in [-0.15, -0.1) is 10.2 Å². The van der Waals surface area contributed by atoms with E-state index in [-0.39, 0.29) is 7.43 Å². The third-order valence-corrected chi connectivity index (χ3v) is 4.17. The topological polar surface area (TPSA) is 86.2 Å². The Morgan fingerprint density at radius 2 is 1.50 bits per heavy atom. The number of aromatic nitrogens is 8. The van der Waals surface area contributed by atoms with Gasteiger partial charge in [-0.3, -0.25) is 0 Å². The number of tetrazole rings is 2. The van der Waals surface area contributed by atoms with Crippen molar-refractivity contribution in [3.05, 3.63) is 65.9 Å². The van der Waals surface area contributed by atoms with Crippen LogP contribution in [0.15, 0.2) is 54.6 Å². The molecule has 0 saturated carbocycles. The quantitative estimate of drug-likeness (QED) is 0.429. The van der Waals surface area contributed by atoms with Crippen LogP contribution >= 0.6 is 0 Å². The molecule has 0 amide bonds. The monoisotopic (exact) mass is 344 g/mol. The largest absolute Gasteiger partial charge is 0.197 e. The highest BCUT2D eigenvalue weighted by Crippen LogP contribution is 2.18. The Bertz CT molecular complexity index is 1230. The van der Waals surface area contributed by atoms with E-state index < -0.39 is 0 Å². The lowest BCUT2D eigenvalue weighted by atomic mass is 10.2. The van der Waals surface area contributed by atoms with Crippen LogP contribution in [0.5, 0.6) is 0 Å². The third kappa shape index (κ3) is 2.48. The van der Waals surface area contributed by atoms with E-state index in [4.69, 9.17) is 0 Å². The zero-order valence-corrected chi connectivity index (χ0v) is 13.1. The molecule has 26 heavy (non-hydrogen) atoms. The van der Waals surface area contributed by atoms with Crippen molar-refractivity contribution in [3.8, 4) is 0 Å². The summed E-state index contributed by atoms with van der Waals surface area (Å²) >= 11 is 0. The maximum atomic E-state index is 3.91. The number of hydrogen-bond acceptors (Lipinski definition) is 6. The summed E-state index contributed by atoms with van der Waals surface area (Å²) in [5.74, 6) is 0. The van der Waals surface area contributed by atoms with E-state index in [1.54, 1.807) is 9.03 Å². The first kappa shape index (κ1) is 15.8. The Balaban J connectivity index is 0.000000125. The fourth-order valence-corrected chi connectivity index (χ4v) is 2.98. The molecule has 0 fully saturated rings. The van der Waals surface area contributed by atoms with Crippen LogP contribution < -0.4 is 0 Å². The number of nitrogens with zero attached hydrogens (tertiary/aromatic N) is 8. The zero-order valence-electron chi connectivity index (χ0n) is 13.1. The zero-order chi connectivity index (χ0) is 16.6. The smallest absolute Gasteiger partial charge is 0.179 e. The minimum atomic E-state index is 0. The Morgan fingerprint density at radius 3 is 2.38 bits per heavy atom. The van der Waals surface area contributed by atoms with Crippen LogP contribution in [0.1, 0.15) is 18.7 Å². The van der Waals surface area contributed by atoms with Gasteiger partial charge in [0.05, 0.1) is 11.2 Å². The average molecular weight is 344 g/mol. The van der Waals surface area contributed by atoms with Gasteiger partial charge in [0.2, 0.25) is 0 Å². The van der Waals surface area contributed by atoms with Gasteiger partial charge in [0.25, 0.3) is 0 Å². The predicted molar refractivity (Wildman–Crippen MR) is 98.5 cm³/mol. The van der Waals surface area contributed by atoms with Gasteiger partial charge in [-0.25, -0.2) is 0 Å². The third-order valence-electron chi connectivity index (χ3n) is 4.17. The number of fused-ring (bicyclic) bond motifs is 6. The molecule has 4 aromatic heterocycles. The predicted octanol–water partition coefficient (Wildman–Crippen LogP) is 2.61. The molecule has 0 bridgehead atoms. The highest BCUT2D eigenvalue weighted by atomic mass is 15.5. The van der Waals surface area contributed by atoms with Gasteiger partial charge in [0.15, 0.2) is 11.3 Å². The first-order chi connectivity index (χ1) is 12.4. The van der Waals surface area contributed by atoms with Crippen molar-refractivity contribution in [2.45, 2.75) is 13.8 Å². The fraction of sp³-hybridized carbons (Fsp3) is 0.111. The molecule has 8 nitrogen and oxygen atoms in total. The van der Waals surface area contributed by atoms with Crippen LogP contribution in [0.2, 0.25) is 0 Å². The van der Waals surface area contributed by atoms with Crippen molar-refractivity contribution in [1.29, 1.82) is 0 Å². The molecule has 0 spiro atoms. The number of allylic oxidation sites excluding steroid dienone is 1. The first-order valence-electron chi connectivity index (χ1n) is 7.82. The van der Waals surface area contributed by atoms with Crippen LogP contribution in [0.4, 0.5) is 0 Å². The lowest BCUT2D eigenvalue weighted by molar-refractivity contribution is 0.795. The van der Waals surface area contributed by atoms with Gasteiger partial charge in [-0.2, -0.15) is 9.03 Å². The Hall–Kier alpha value is -3.68. The molecule has 4 heterocycles. The number of rotatable bonds is 0. The lowest BCUT2D eigenvalue weighted by Crippen LogP contribution is -1.97. The average Bonchev–Trinajstić information content (AvgIpc) is 3.40. The maximum absolute atomic E-state index is 3.91. The molecular weight excluding hydrogens is 328 g/mol. The van der Waals surface area contributed by atoms with E-state index in [1.807, 2.05) is 48.5 Å². The van der Waals surface area contributed by atoms with Gasteiger partial charge in [-0.05, 0) is 56.7 Å². The lowest BCUT2D eigenvalue weighted by Gasteiger charge is -1.98. The second kappa shape index (κ2) is 6.32. The molecule has 128 valence electrons. The van der Waals surface area contributed by atoms with Crippen molar-refractivity contribution in [3.63, 3.8) is 0 Å². The van der Waals surface area contributed by atoms with Crippen molar-refractivity contribution in [1.82, 2.24) is 40.1 Å². The van der Waals surface area contributed by atoms with Crippen LogP contribution in [0.3, 0.4) is 0 Å². The van der Waals surface area contributed by atoms with Gasteiger partial charge in [0, 0.05) is 11.8 Å². The van der Waals surface area contributed by atoms with E-state index in [1.165, 1.54) is 11.3 Å². The number of hydrogen-bond donors (Lipinski definition) is 0. The molecule has 0 unspecified atom stereocenters.